The highest BCUT2D eigenvalue weighted by Crippen LogP contribution is 2.34. The molecule has 2 aromatic carbocycles. The highest BCUT2D eigenvalue weighted by molar-refractivity contribution is 5.93. The van der Waals surface area contributed by atoms with Gasteiger partial charge in [-0.3, -0.25) is 0 Å². The SMILES string of the molecule is COc1ccc(CNc2nc3cc(OC)c(F)cc3c3nc(C4CCCC(O)C4)nn23)c(OC)c1. The minimum absolute atomic E-state index is 0.0336. The van der Waals surface area contributed by atoms with Crippen LogP contribution < -0.4 is 19.5 Å². The molecule has 0 aliphatic heterocycles. The van der Waals surface area contributed by atoms with Gasteiger partial charge in [-0.15, -0.1) is 5.10 Å². The fourth-order valence-electron chi connectivity index (χ4n) is 4.64. The van der Waals surface area contributed by atoms with E-state index in [1.54, 1.807) is 24.8 Å². The van der Waals surface area contributed by atoms with Crippen LogP contribution in [0.3, 0.4) is 0 Å². The quantitative estimate of drug-likeness (QED) is 0.407. The molecule has 0 spiro atoms. The molecule has 2 N–H and O–H groups in total. The van der Waals surface area contributed by atoms with Gasteiger partial charge >= 0.3 is 0 Å². The third kappa shape index (κ3) is 4.41. The first kappa shape index (κ1) is 23.1. The van der Waals surface area contributed by atoms with E-state index in [0.717, 1.165) is 24.8 Å². The first-order valence-electron chi connectivity index (χ1n) is 11.6. The van der Waals surface area contributed by atoms with E-state index in [0.29, 0.717) is 52.8 Å². The van der Waals surface area contributed by atoms with Crippen molar-refractivity contribution < 1.29 is 23.7 Å². The van der Waals surface area contributed by atoms with Crippen LogP contribution in [0.5, 0.6) is 17.2 Å². The molecule has 4 aromatic rings. The van der Waals surface area contributed by atoms with Gasteiger partial charge in [-0.1, -0.05) is 6.42 Å². The van der Waals surface area contributed by atoms with Gasteiger partial charge < -0.3 is 24.6 Å². The van der Waals surface area contributed by atoms with Gasteiger partial charge in [0.05, 0.1) is 33.0 Å². The zero-order valence-corrected chi connectivity index (χ0v) is 19.9. The summed E-state index contributed by atoms with van der Waals surface area (Å²) in [4.78, 5) is 9.50. The van der Waals surface area contributed by atoms with E-state index in [-0.39, 0.29) is 17.8 Å². The molecule has 10 heteroatoms. The van der Waals surface area contributed by atoms with Crippen LogP contribution in [0.25, 0.3) is 16.6 Å². The van der Waals surface area contributed by atoms with Gasteiger partial charge in [0.15, 0.2) is 23.0 Å². The second-order valence-electron chi connectivity index (χ2n) is 8.69. The lowest BCUT2D eigenvalue weighted by atomic mass is 9.87. The minimum atomic E-state index is -0.495. The highest BCUT2D eigenvalue weighted by atomic mass is 19.1. The maximum absolute atomic E-state index is 14.6. The van der Waals surface area contributed by atoms with Crippen molar-refractivity contribution in [2.75, 3.05) is 26.6 Å². The number of ether oxygens (including phenoxy) is 3. The molecule has 0 saturated heterocycles. The van der Waals surface area contributed by atoms with Crippen LogP contribution in [-0.4, -0.2) is 52.1 Å². The van der Waals surface area contributed by atoms with Crippen LogP contribution >= 0.6 is 0 Å². The Kier molecular flexibility index (Phi) is 6.29. The third-order valence-corrected chi connectivity index (χ3v) is 6.50. The molecule has 0 radical (unpaired) electrons. The lowest BCUT2D eigenvalue weighted by molar-refractivity contribution is 0.118. The summed E-state index contributed by atoms with van der Waals surface area (Å²) in [5.41, 5.74) is 1.93. The average molecular weight is 482 g/mol. The number of aliphatic hydroxyl groups is 1. The molecule has 1 saturated carbocycles. The maximum Gasteiger partial charge on any atom is 0.226 e. The number of rotatable bonds is 7. The second-order valence-corrected chi connectivity index (χ2v) is 8.69. The Morgan fingerprint density at radius 1 is 1.06 bits per heavy atom. The molecule has 2 heterocycles. The van der Waals surface area contributed by atoms with E-state index in [1.165, 1.54) is 13.2 Å². The van der Waals surface area contributed by atoms with Crippen LogP contribution in [0.15, 0.2) is 30.3 Å². The first-order valence-corrected chi connectivity index (χ1v) is 11.6. The van der Waals surface area contributed by atoms with Crippen molar-refractivity contribution in [1.29, 1.82) is 0 Å². The molecule has 35 heavy (non-hydrogen) atoms. The molecule has 1 aliphatic carbocycles. The van der Waals surface area contributed by atoms with E-state index >= 15 is 0 Å². The van der Waals surface area contributed by atoms with E-state index in [2.05, 4.69) is 5.32 Å². The number of nitrogens with zero attached hydrogens (tertiary/aromatic N) is 4. The van der Waals surface area contributed by atoms with Crippen molar-refractivity contribution in [3.8, 4) is 17.2 Å². The standard InChI is InChI=1S/C25H28FN5O4/c1-33-17-8-7-15(21(10-17)34-2)13-27-25-28-20-12-22(35-3)19(26)11-18(20)24-29-23(30-31(24)25)14-5-4-6-16(32)9-14/h7-8,10-12,14,16,32H,4-6,9,13H2,1-3H3,(H,27,28). The van der Waals surface area contributed by atoms with Crippen molar-refractivity contribution in [3.05, 3.63) is 47.5 Å². The van der Waals surface area contributed by atoms with Crippen molar-refractivity contribution in [2.45, 2.75) is 44.2 Å². The molecular weight excluding hydrogens is 453 g/mol. The number of fused-ring (bicyclic) bond motifs is 3. The molecule has 0 bridgehead atoms. The summed E-state index contributed by atoms with van der Waals surface area (Å²) in [5, 5.41) is 18.8. The van der Waals surface area contributed by atoms with Gasteiger partial charge in [-0.05, 0) is 37.5 Å². The van der Waals surface area contributed by atoms with E-state index in [1.807, 2.05) is 18.2 Å². The summed E-state index contributed by atoms with van der Waals surface area (Å²) in [5.74, 6) is 2.09. The summed E-state index contributed by atoms with van der Waals surface area (Å²) < 4.78 is 32.2. The molecule has 1 aliphatic rings. The highest BCUT2D eigenvalue weighted by Gasteiger charge is 2.26. The van der Waals surface area contributed by atoms with Gasteiger partial charge in [0.1, 0.15) is 11.5 Å². The van der Waals surface area contributed by atoms with Crippen LogP contribution in [0.2, 0.25) is 0 Å². The Balaban J connectivity index is 1.59. The van der Waals surface area contributed by atoms with Gasteiger partial charge in [-0.2, -0.15) is 4.52 Å². The Bertz CT molecular complexity index is 1380. The second kappa shape index (κ2) is 9.53. The maximum atomic E-state index is 14.6. The molecule has 184 valence electrons. The molecule has 2 unspecified atom stereocenters. The predicted octanol–water partition coefficient (Wildman–Crippen LogP) is 4.07. The zero-order chi connectivity index (χ0) is 24.5. The summed E-state index contributed by atoms with van der Waals surface area (Å²) in [6.07, 6.45) is 2.84. The van der Waals surface area contributed by atoms with E-state index < -0.39 is 5.82 Å². The number of nitrogens with one attached hydrogen (secondary N) is 1. The molecular formula is C25H28FN5O4. The molecule has 0 amide bonds. The molecule has 2 aromatic heterocycles. The largest absolute Gasteiger partial charge is 0.497 e. The lowest BCUT2D eigenvalue weighted by Crippen LogP contribution is -2.19. The number of aromatic nitrogens is 4. The van der Waals surface area contributed by atoms with Gasteiger partial charge in [0.25, 0.3) is 0 Å². The van der Waals surface area contributed by atoms with Gasteiger partial charge in [0, 0.05) is 35.5 Å². The Labute approximate surface area is 201 Å². The molecule has 5 rings (SSSR count). The number of halogens is 1. The topological polar surface area (TPSA) is 103 Å². The summed E-state index contributed by atoms with van der Waals surface area (Å²) >= 11 is 0. The Hall–Kier alpha value is -3.66. The van der Waals surface area contributed by atoms with Crippen molar-refractivity contribution in [2.24, 2.45) is 0 Å². The van der Waals surface area contributed by atoms with Crippen molar-refractivity contribution in [1.82, 2.24) is 19.6 Å². The summed E-state index contributed by atoms with van der Waals surface area (Å²) in [6, 6.07) is 8.52. The number of methoxy groups -OCH3 is 3. The van der Waals surface area contributed by atoms with Crippen molar-refractivity contribution in [3.63, 3.8) is 0 Å². The smallest absolute Gasteiger partial charge is 0.226 e. The number of benzene rings is 2. The molecule has 2 atom stereocenters. The van der Waals surface area contributed by atoms with Gasteiger partial charge in [-0.25, -0.2) is 14.4 Å². The van der Waals surface area contributed by atoms with E-state index in [4.69, 9.17) is 29.3 Å². The monoisotopic (exact) mass is 481 g/mol. The Morgan fingerprint density at radius 3 is 2.63 bits per heavy atom. The fraction of sp³-hybridized carbons (Fsp3) is 0.400. The molecule has 9 nitrogen and oxygen atoms in total. The van der Waals surface area contributed by atoms with Crippen LogP contribution in [0.4, 0.5) is 10.3 Å². The Morgan fingerprint density at radius 2 is 1.89 bits per heavy atom. The van der Waals surface area contributed by atoms with Crippen LogP contribution in [-0.2, 0) is 6.54 Å². The van der Waals surface area contributed by atoms with Crippen LogP contribution in [0, 0.1) is 5.82 Å². The predicted molar refractivity (Wildman–Crippen MR) is 129 cm³/mol. The number of aliphatic hydroxyl groups excluding tert-OH is 1. The normalized spacial score (nSPS) is 18.1. The average Bonchev–Trinajstić information content (AvgIpc) is 3.33. The van der Waals surface area contributed by atoms with Crippen molar-refractivity contribution >= 4 is 22.5 Å². The first-order chi connectivity index (χ1) is 17.0. The lowest BCUT2D eigenvalue weighted by Gasteiger charge is -2.23. The number of hydrogen-bond acceptors (Lipinski definition) is 8. The number of hydrogen-bond donors (Lipinski definition) is 2. The zero-order valence-electron chi connectivity index (χ0n) is 19.9. The molecule has 1 fully saturated rings. The van der Waals surface area contributed by atoms with Gasteiger partial charge in [0.2, 0.25) is 5.95 Å². The summed E-state index contributed by atoms with van der Waals surface area (Å²) in [6.45, 7) is 0.399. The van der Waals surface area contributed by atoms with E-state index in [9.17, 15) is 9.50 Å². The number of anilines is 1. The van der Waals surface area contributed by atoms with Crippen LogP contribution in [0.1, 0.15) is 43.0 Å². The summed E-state index contributed by atoms with van der Waals surface area (Å²) in [7, 11) is 4.63. The fourth-order valence-corrected chi connectivity index (χ4v) is 4.64. The minimum Gasteiger partial charge on any atom is -0.497 e. The third-order valence-electron chi connectivity index (χ3n) is 6.50.